The third-order valence-corrected chi connectivity index (χ3v) is 6.95. The fourth-order valence-corrected chi connectivity index (χ4v) is 5.00. The summed E-state index contributed by atoms with van der Waals surface area (Å²) in [6, 6.07) is 15.1. The van der Waals surface area contributed by atoms with Crippen molar-refractivity contribution in [3.63, 3.8) is 0 Å². The third-order valence-electron chi connectivity index (χ3n) is 5.62. The zero-order valence-corrected chi connectivity index (χ0v) is 19.6. The summed E-state index contributed by atoms with van der Waals surface area (Å²) in [5.41, 5.74) is 3.45. The number of hydrogen-bond donors (Lipinski definition) is 1. The van der Waals surface area contributed by atoms with Gasteiger partial charge in [0.15, 0.2) is 5.17 Å². The molecule has 0 aromatic heterocycles. The molecular weight excluding hydrogens is 420 g/mol. The number of nitrogens with zero attached hydrogens (tertiary/aromatic N) is 3. The van der Waals surface area contributed by atoms with Gasteiger partial charge in [-0.1, -0.05) is 62.9 Å². The molecule has 166 valence electrons. The normalized spacial score (nSPS) is 18.1. The molecule has 2 aromatic carbocycles. The summed E-state index contributed by atoms with van der Waals surface area (Å²) >= 11 is 1.40. The number of aryl methyl sites for hydroxylation is 1. The molecule has 32 heavy (non-hydrogen) atoms. The number of nitrogens with one attached hydrogen (secondary N) is 1. The summed E-state index contributed by atoms with van der Waals surface area (Å²) in [5, 5.41) is 3.36. The molecule has 0 spiro atoms. The lowest BCUT2D eigenvalue weighted by Crippen LogP contribution is -2.45. The second-order valence-corrected chi connectivity index (χ2v) is 9.69. The van der Waals surface area contributed by atoms with Crippen molar-refractivity contribution in [2.75, 3.05) is 5.32 Å². The van der Waals surface area contributed by atoms with Gasteiger partial charge in [-0.25, -0.2) is 4.99 Å². The van der Waals surface area contributed by atoms with E-state index in [4.69, 9.17) is 4.99 Å². The molecular formula is C25H28N4O2S. The Hall–Kier alpha value is -2.93. The van der Waals surface area contributed by atoms with Gasteiger partial charge in [0.25, 0.3) is 5.91 Å². The monoisotopic (exact) mass is 448 g/mol. The van der Waals surface area contributed by atoms with Crippen LogP contribution in [0.15, 0.2) is 58.5 Å². The molecule has 2 heterocycles. The van der Waals surface area contributed by atoms with Crippen molar-refractivity contribution in [3.8, 4) is 0 Å². The molecule has 6 nitrogen and oxygen atoms in total. The number of thioether (sulfide) groups is 1. The molecule has 2 unspecified atom stereocenters. The van der Waals surface area contributed by atoms with Crippen molar-refractivity contribution in [2.24, 2.45) is 15.9 Å². The van der Waals surface area contributed by atoms with E-state index in [2.05, 4.69) is 24.2 Å². The van der Waals surface area contributed by atoms with Gasteiger partial charge in [-0.15, -0.1) is 0 Å². The van der Waals surface area contributed by atoms with E-state index >= 15 is 0 Å². The van der Waals surface area contributed by atoms with Crippen LogP contribution >= 0.6 is 11.8 Å². The van der Waals surface area contributed by atoms with E-state index in [0.29, 0.717) is 29.8 Å². The lowest BCUT2D eigenvalue weighted by molar-refractivity contribution is -0.120. The van der Waals surface area contributed by atoms with Crippen LogP contribution in [-0.4, -0.2) is 39.0 Å². The minimum atomic E-state index is -0.387. The Kier molecular flexibility index (Phi) is 6.46. The Morgan fingerprint density at radius 1 is 1.12 bits per heavy atom. The lowest BCUT2D eigenvalue weighted by Gasteiger charge is -2.33. The highest BCUT2D eigenvalue weighted by Crippen LogP contribution is 2.37. The first-order valence-electron chi connectivity index (χ1n) is 11.0. The molecule has 2 aromatic rings. The van der Waals surface area contributed by atoms with E-state index in [9.17, 15) is 9.59 Å². The Bertz CT molecular complexity index is 1110. The van der Waals surface area contributed by atoms with E-state index in [1.165, 1.54) is 11.8 Å². The number of fused-ring (bicyclic) bond motifs is 3. The second kappa shape index (κ2) is 9.28. The first-order chi connectivity index (χ1) is 15.4. The molecule has 0 saturated carbocycles. The number of para-hydroxylation sites is 2. The molecule has 2 aliphatic rings. The van der Waals surface area contributed by atoms with E-state index in [-0.39, 0.29) is 23.1 Å². The molecule has 7 heteroatoms. The topological polar surface area (TPSA) is 74.1 Å². The van der Waals surface area contributed by atoms with Gasteiger partial charge in [-0.2, -0.15) is 4.99 Å². The summed E-state index contributed by atoms with van der Waals surface area (Å²) in [7, 11) is 0. The van der Waals surface area contributed by atoms with Crippen LogP contribution in [0.5, 0.6) is 0 Å². The zero-order valence-electron chi connectivity index (χ0n) is 18.8. The highest BCUT2D eigenvalue weighted by molar-refractivity contribution is 8.15. The number of hydrogen-bond acceptors (Lipinski definition) is 5. The van der Waals surface area contributed by atoms with Crippen LogP contribution in [0.25, 0.3) is 0 Å². The van der Waals surface area contributed by atoms with Crippen molar-refractivity contribution < 1.29 is 9.59 Å². The maximum absolute atomic E-state index is 13.1. The van der Waals surface area contributed by atoms with Crippen LogP contribution in [0.1, 0.15) is 44.7 Å². The summed E-state index contributed by atoms with van der Waals surface area (Å²) < 4.78 is 0. The Morgan fingerprint density at radius 2 is 1.84 bits per heavy atom. The minimum Gasteiger partial charge on any atom is -0.325 e. The third kappa shape index (κ3) is 4.35. The molecule has 2 amide bonds. The van der Waals surface area contributed by atoms with E-state index in [1.54, 1.807) is 0 Å². The standard InChI is InChI=1S/C25H28N4O2S/c1-5-21(24(31)26-18-12-8-6-10-16(18)4)32-25-27-19-13-9-7-11-17(19)22-28-23(30)20(29(22)25)14-15(2)3/h6-13,15,20-21H,5,14H2,1-4H3,(H,26,31). The molecule has 0 saturated heterocycles. The fourth-order valence-electron chi connectivity index (χ4n) is 3.93. The maximum Gasteiger partial charge on any atom is 0.270 e. The largest absolute Gasteiger partial charge is 0.325 e. The lowest BCUT2D eigenvalue weighted by atomic mass is 10.0. The van der Waals surface area contributed by atoms with Gasteiger partial charge in [0, 0.05) is 11.3 Å². The predicted octanol–water partition coefficient (Wildman–Crippen LogP) is 5.15. The summed E-state index contributed by atoms with van der Waals surface area (Å²) in [6.07, 6.45) is 1.31. The van der Waals surface area contributed by atoms with Crippen molar-refractivity contribution in [2.45, 2.75) is 51.8 Å². The quantitative estimate of drug-likeness (QED) is 0.663. The number of amidine groups is 2. The van der Waals surface area contributed by atoms with Gasteiger partial charge in [0.1, 0.15) is 11.9 Å². The fraction of sp³-hybridized carbons (Fsp3) is 0.360. The number of anilines is 1. The van der Waals surface area contributed by atoms with Crippen LogP contribution < -0.4 is 5.32 Å². The Labute approximate surface area is 193 Å². The van der Waals surface area contributed by atoms with Gasteiger partial charge >= 0.3 is 0 Å². The van der Waals surface area contributed by atoms with Crippen LogP contribution in [0, 0.1) is 12.8 Å². The highest BCUT2D eigenvalue weighted by atomic mass is 32.2. The number of carbonyl (C=O) groups excluding carboxylic acids is 2. The van der Waals surface area contributed by atoms with E-state index < -0.39 is 0 Å². The zero-order chi connectivity index (χ0) is 22.8. The molecule has 2 aliphatic heterocycles. The molecule has 1 N–H and O–H groups in total. The van der Waals surface area contributed by atoms with Crippen LogP contribution in [0.4, 0.5) is 11.4 Å². The SMILES string of the molecule is CCC(SC1=Nc2ccccc2C2=NC(=O)C(CC(C)C)N12)C(=O)Nc1ccccc1C. The number of carbonyl (C=O) groups is 2. The van der Waals surface area contributed by atoms with Crippen LogP contribution in [0.2, 0.25) is 0 Å². The average Bonchev–Trinajstić information content (AvgIpc) is 3.09. The van der Waals surface area contributed by atoms with Crippen molar-refractivity contribution in [1.82, 2.24) is 4.90 Å². The van der Waals surface area contributed by atoms with E-state index in [0.717, 1.165) is 22.5 Å². The van der Waals surface area contributed by atoms with Crippen LogP contribution in [-0.2, 0) is 9.59 Å². The number of benzene rings is 2. The number of rotatable bonds is 6. The van der Waals surface area contributed by atoms with E-state index in [1.807, 2.05) is 67.3 Å². The van der Waals surface area contributed by atoms with Gasteiger partial charge in [0.2, 0.25) is 5.91 Å². The molecule has 0 fully saturated rings. The van der Waals surface area contributed by atoms with Crippen molar-refractivity contribution >= 4 is 46.0 Å². The highest BCUT2D eigenvalue weighted by Gasteiger charge is 2.42. The summed E-state index contributed by atoms with van der Waals surface area (Å²) in [4.78, 5) is 37.2. The van der Waals surface area contributed by atoms with Crippen molar-refractivity contribution in [3.05, 3.63) is 59.7 Å². The molecule has 0 aliphatic carbocycles. The second-order valence-electron chi connectivity index (χ2n) is 8.52. The Balaban J connectivity index is 1.65. The van der Waals surface area contributed by atoms with Gasteiger partial charge in [-0.05, 0) is 49.4 Å². The summed E-state index contributed by atoms with van der Waals surface area (Å²) in [5.74, 6) is 0.755. The predicted molar refractivity (Wildman–Crippen MR) is 132 cm³/mol. The molecule has 2 atom stereocenters. The molecule has 0 bridgehead atoms. The number of aliphatic imine (C=N–C) groups is 2. The van der Waals surface area contributed by atoms with Gasteiger partial charge in [-0.3, -0.25) is 14.5 Å². The molecule has 4 rings (SSSR count). The molecule has 0 radical (unpaired) electrons. The Morgan fingerprint density at radius 3 is 2.56 bits per heavy atom. The number of amides is 2. The van der Waals surface area contributed by atoms with Gasteiger partial charge < -0.3 is 5.32 Å². The maximum atomic E-state index is 13.1. The first-order valence-corrected chi connectivity index (χ1v) is 11.9. The first kappa shape index (κ1) is 22.3. The van der Waals surface area contributed by atoms with Gasteiger partial charge in [0.05, 0.1) is 10.9 Å². The smallest absolute Gasteiger partial charge is 0.270 e. The van der Waals surface area contributed by atoms with Crippen LogP contribution in [0.3, 0.4) is 0 Å². The average molecular weight is 449 g/mol. The summed E-state index contributed by atoms with van der Waals surface area (Å²) in [6.45, 7) is 8.15. The minimum absolute atomic E-state index is 0.0715. The van der Waals surface area contributed by atoms with Crippen molar-refractivity contribution in [1.29, 1.82) is 0 Å².